The number of carbonyl (C=O) groups excluding carboxylic acids is 2. The maximum atomic E-state index is 12.2. The third-order valence-electron chi connectivity index (χ3n) is 3.60. The Morgan fingerprint density at radius 1 is 1.14 bits per heavy atom. The van der Waals surface area contributed by atoms with E-state index in [1.807, 2.05) is 12.1 Å². The highest BCUT2D eigenvalue weighted by atomic mass is 35.5. The lowest BCUT2D eigenvalue weighted by Crippen LogP contribution is -2.54. The highest BCUT2D eigenvalue weighted by Crippen LogP contribution is 2.12. The first-order valence-corrected chi connectivity index (χ1v) is 7.42. The van der Waals surface area contributed by atoms with Crippen LogP contribution in [-0.2, 0) is 16.0 Å². The Bertz CT molecular complexity index is 512. The standard InChI is InChI=1S/C15H20ClN3O2.ClH/c1-11(17)15(21)19-8-6-18(7-9-19)14(20)10-12-2-4-13(16)5-3-12;/h2-5,11H,6-10,17H2,1H3;1H/t11-;/m0./s1. The summed E-state index contributed by atoms with van der Waals surface area (Å²) in [5, 5.41) is 0.661. The molecule has 0 aromatic heterocycles. The molecule has 2 N–H and O–H groups in total. The summed E-state index contributed by atoms with van der Waals surface area (Å²) in [4.78, 5) is 27.5. The van der Waals surface area contributed by atoms with Gasteiger partial charge in [0.25, 0.3) is 0 Å². The van der Waals surface area contributed by atoms with Crippen molar-refractivity contribution >= 4 is 35.8 Å². The van der Waals surface area contributed by atoms with E-state index >= 15 is 0 Å². The Morgan fingerprint density at radius 3 is 2.14 bits per heavy atom. The van der Waals surface area contributed by atoms with E-state index in [0.717, 1.165) is 5.56 Å². The van der Waals surface area contributed by atoms with Crippen LogP contribution in [0.5, 0.6) is 0 Å². The summed E-state index contributed by atoms with van der Waals surface area (Å²) in [5.41, 5.74) is 6.54. The number of benzene rings is 1. The molecule has 1 aromatic carbocycles. The molecule has 0 spiro atoms. The number of carbonyl (C=O) groups is 2. The van der Waals surface area contributed by atoms with Crippen molar-refractivity contribution in [2.24, 2.45) is 5.73 Å². The Balaban J connectivity index is 0.00000242. The number of rotatable bonds is 3. The summed E-state index contributed by atoms with van der Waals surface area (Å²) < 4.78 is 0. The average Bonchev–Trinajstić information content (AvgIpc) is 2.49. The lowest BCUT2D eigenvalue weighted by Gasteiger charge is -2.35. The number of nitrogens with two attached hydrogens (primary N) is 1. The van der Waals surface area contributed by atoms with E-state index in [-0.39, 0.29) is 24.2 Å². The quantitative estimate of drug-likeness (QED) is 0.898. The van der Waals surface area contributed by atoms with Crippen molar-refractivity contribution in [2.75, 3.05) is 26.2 Å². The van der Waals surface area contributed by atoms with Gasteiger partial charge in [0.1, 0.15) is 0 Å². The second kappa shape index (κ2) is 8.36. The monoisotopic (exact) mass is 345 g/mol. The van der Waals surface area contributed by atoms with Gasteiger partial charge in [-0.25, -0.2) is 0 Å². The lowest BCUT2D eigenvalue weighted by molar-refractivity contribution is -0.139. The van der Waals surface area contributed by atoms with Crippen molar-refractivity contribution in [1.82, 2.24) is 9.80 Å². The zero-order valence-corrected chi connectivity index (χ0v) is 14.1. The van der Waals surface area contributed by atoms with Crippen LogP contribution in [0.2, 0.25) is 5.02 Å². The Labute approximate surface area is 141 Å². The van der Waals surface area contributed by atoms with Crippen LogP contribution in [0.25, 0.3) is 0 Å². The van der Waals surface area contributed by atoms with E-state index < -0.39 is 6.04 Å². The molecule has 1 fully saturated rings. The van der Waals surface area contributed by atoms with Gasteiger partial charge < -0.3 is 15.5 Å². The predicted molar refractivity (Wildman–Crippen MR) is 89.2 cm³/mol. The molecular formula is C15H21Cl2N3O2. The van der Waals surface area contributed by atoms with Crippen molar-refractivity contribution in [1.29, 1.82) is 0 Å². The van der Waals surface area contributed by atoms with Gasteiger partial charge in [0.2, 0.25) is 11.8 Å². The number of halogens is 2. The molecule has 0 unspecified atom stereocenters. The maximum Gasteiger partial charge on any atom is 0.239 e. The highest BCUT2D eigenvalue weighted by Gasteiger charge is 2.25. The summed E-state index contributed by atoms with van der Waals surface area (Å²) in [6, 6.07) is 6.79. The fourth-order valence-electron chi connectivity index (χ4n) is 2.35. The fraction of sp³-hybridized carbons (Fsp3) is 0.467. The van der Waals surface area contributed by atoms with Gasteiger partial charge in [0.15, 0.2) is 0 Å². The van der Waals surface area contributed by atoms with Crippen LogP contribution in [0.3, 0.4) is 0 Å². The van der Waals surface area contributed by atoms with Crippen LogP contribution in [0.1, 0.15) is 12.5 Å². The summed E-state index contributed by atoms with van der Waals surface area (Å²) in [6.45, 7) is 3.90. The van der Waals surface area contributed by atoms with Crippen molar-refractivity contribution in [3.05, 3.63) is 34.9 Å². The first-order chi connectivity index (χ1) is 9.97. The van der Waals surface area contributed by atoms with Crippen LogP contribution in [0.15, 0.2) is 24.3 Å². The molecule has 22 heavy (non-hydrogen) atoms. The molecule has 0 saturated carbocycles. The van der Waals surface area contributed by atoms with Crippen molar-refractivity contribution in [3.8, 4) is 0 Å². The molecule has 1 aliphatic rings. The topological polar surface area (TPSA) is 66.6 Å². The van der Waals surface area contributed by atoms with Crippen molar-refractivity contribution < 1.29 is 9.59 Å². The van der Waals surface area contributed by atoms with E-state index in [1.54, 1.807) is 28.9 Å². The second-order valence-electron chi connectivity index (χ2n) is 5.30. The third kappa shape index (κ3) is 4.87. The number of hydrogen-bond donors (Lipinski definition) is 1. The van der Waals surface area contributed by atoms with Crippen LogP contribution in [0, 0.1) is 0 Å². The van der Waals surface area contributed by atoms with Gasteiger partial charge >= 0.3 is 0 Å². The predicted octanol–water partition coefficient (Wildman–Crippen LogP) is 1.32. The van der Waals surface area contributed by atoms with E-state index in [4.69, 9.17) is 17.3 Å². The lowest BCUT2D eigenvalue weighted by atomic mass is 10.1. The van der Waals surface area contributed by atoms with Gasteiger partial charge in [-0.15, -0.1) is 12.4 Å². The number of amides is 2. The molecule has 0 radical (unpaired) electrons. The minimum atomic E-state index is -0.485. The van der Waals surface area contributed by atoms with E-state index in [1.165, 1.54) is 0 Å². The first-order valence-electron chi connectivity index (χ1n) is 7.04. The van der Waals surface area contributed by atoms with E-state index in [0.29, 0.717) is 37.6 Å². The van der Waals surface area contributed by atoms with Gasteiger partial charge in [-0.1, -0.05) is 23.7 Å². The molecule has 122 valence electrons. The number of hydrogen-bond acceptors (Lipinski definition) is 3. The van der Waals surface area contributed by atoms with Crippen LogP contribution < -0.4 is 5.73 Å². The molecule has 1 heterocycles. The maximum absolute atomic E-state index is 12.2. The fourth-order valence-corrected chi connectivity index (χ4v) is 2.48. The minimum absolute atomic E-state index is 0. The highest BCUT2D eigenvalue weighted by molar-refractivity contribution is 6.30. The Hall–Kier alpha value is -1.30. The smallest absolute Gasteiger partial charge is 0.239 e. The zero-order valence-electron chi connectivity index (χ0n) is 12.5. The number of piperazine rings is 1. The molecular weight excluding hydrogens is 325 g/mol. The molecule has 1 saturated heterocycles. The SMILES string of the molecule is C[C@H](N)C(=O)N1CCN(C(=O)Cc2ccc(Cl)cc2)CC1.Cl. The first kappa shape index (κ1) is 18.7. The zero-order chi connectivity index (χ0) is 15.4. The Morgan fingerprint density at radius 2 is 1.64 bits per heavy atom. The second-order valence-corrected chi connectivity index (χ2v) is 5.73. The molecule has 7 heteroatoms. The molecule has 5 nitrogen and oxygen atoms in total. The summed E-state index contributed by atoms with van der Waals surface area (Å²) >= 11 is 5.83. The largest absolute Gasteiger partial charge is 0.339 e. The van der Waals surface area contributed by atoms with Crippen LogP contribution >= 0.6 is 24.0 Å². The van der Waals surface area contributed by atoms with E-state index in [2.05, 4.69) is 0 Å². The molecule has 0 bridgehead atoms. The van der Waals surface area contributed by atoms with Gasteiger partial charge in [0, 0.05) is 31.2 Å². The third-order valence-corrected chi connectivity index (χ3v) is 3.85. The molecule has 1 atom stereocenters. The van der Waals surface area contributed by atoms with Crippen LogP contribution in [-0.4, -0.2) is 53.8 Å². The summed E-state index contributed by atoms with van der Waals surface area (Å²) in [7, 11) is 0. The Kier molecular flexibility index (Phi) is 7.13. The molecule has 2 rings (SSSR count). The average molecular weight is 346 g/mol. The van der Waals surface area contributed by atoms with Gasteiger partial charge in [-0.05, 0) is 24.6 Å². The summed E-state index contributed by atoms with van der Waals surface area (Å²) in [5.74, 6) is 0.0185. The molecule has 2 amide bonds. The minimum Gasteiger partial charge on any atom is -0.339 e. The van der Waals surface area contributed by atoms with Gasteiger partial charge in [-0.3, -0.25) is 9.59 Å². The van der Waals surface area contributed by atoms with Crippen molar-refractivity contribution in [3.63, 3.8) is 0 Å². The van der Waals surface area contributed by atoms with Gasteiger partial charge in [-0.2, -0.15) is 0 Å². The molecule has 1 aromatic rings. The number of nitrogens with zero attached hydrogens (tertiary/aromatic N) is 2. The van der Waals surface area contributed by atoms with Crippen molar-refractivity contribution in [2.45, 2.75) is 19.4 Å². The summed E-state index contributed by atoms with van der Waals surface area (Å²) in [6.07, 6.45) is 0.360. The molecule has 0 aliphatic carbocycles. The van der Waals surface area contributed by atoms with Crippen LogP contribution in [0.4, 0.5) is 0 Å². The van der Waals surface area contributed by atoms with Gasteiger partial charge in [0.05, 0.1) is 12.5 Å². The normalized spacial score (nSPS) is 16.0. The van der Waals surface area contributed by atoms with E-state index in [9.17, 15) is 9.59 Å². The molecule has 1 aliphatic heterocycles.